The summed E-state index contributed by atoms with van der Waals surface area (Å²) in [6.45, 7) is 3.36. The Bertz CT molecular complexity index is 576. The number of alkyl halides is 3. The monoisotopic (exact) mass is 310 g/mol. The number of ketones is 1. The molecule has 20 heavy (non-hydrogen) atoms. The van der Waals surface area contributed by atoms with Gasteiger partial charge >= 0.3 is 15.6 Å². The van der Waals surface area contributed by atoms with Crippen LogP contribution in [0.25, 0.3) is 0 Å². The van der Waals surface area contributed by atoms with Gasteiger partial charge in [-0.05, 0) is 17.7 Å². The number of benzene rings is 1. The average molecular weight is 310 g/mol. The van der Waals surface area contributed by atoms with Crippen LogP contribution in [0.4, 0.5) is 13.2 Å². The van der Waals surface area contributed by atoms with Gasteiger partial charge in [0.2, 0.25) is 0 Å². The van der Waals surface area contributed by atoms with Crippen molar-refractivity contribution in [2.24, 2.45) is 0 Å². The maximum atomic E-state index is 12.1. The van der Waals surface area contributed by atoms with E-state index in [-0.39, 0.29) is 5.78 Å². The fraction of sp³-hybridized carbons (Fsp3) is 0.417. The van der Waals surface area contributed by atoms with Gasteiger partial charge in [0.15, 0.2) is 0 Å². The first-order valence-corrected chi connectivity index (χ1v) is 7.12. The SMILES string of the molecule is CCC(=O)[C@H](C)c1ccc(OS(=O)(=O)C(F)(F)F)cc1. The zero-order valence-electron chi connectivity index (χ0n) is 10.8. The maximum Gasteiger partial charge on any atom is 0.534 e. The van der Waals surface area contributed by atoms with Crippen LogP contribution >= 0.6 is 0 Å². The van der Waals surface area contributed by atoms with E-state index in [1.807, 2.05) is 0 Å². The topological polar surface area (TPSA) is 60.4 Å². The van der Waals surface area contributed by atoms with E-state index in [1.54, 1.807) is 13.8 Å². The predicted octanol–water partition coefficient (Wildman–Crippen LogP) is 3.00. The molecule has 0 saturated heterocycles. The van der Waals surface area contributed by atoms with Crippen LogP contribution in [0, 0.1) is 0 Å². The molecule has 0 bridgehead atoms. The fourth-order valence-electron chi connectivity index (χ4n) is 1.48. The second-order valence-corrected chi connectivity index (χ2v) is 5.63. The van der Waals surface area contributed by atoms with Crippen LogP contribution < -0.4 is 4.18 Å². The molecule has 0 N–H and O–H groups in total. The molecule has 0 aliphatic rings. The Morgan fingerprint density at radius 3 is 2.15 bits per heavy atom. The van der Waals surface area contributed by atoms with E-state index in [1.165, 1.54) is 12.1 Å². The number of Topliss-reactive ketones (excluding diaryl/α,β-unsaturated/α-hetero) is 1. The first kappa shape index (κ1) is 16.5. The largest absolute Gasteiger partial charge is 0.534 e. The van der Waals surface area contributed by atoms with Gasteiger partial charge in [-0.1, -0.05) is 26.0 Å². The molecule has 0 heterocycles. The highest BCUT2D eigenvalue weighted by Gasteiger charge is 2.48. The van der Waals surface area contributed by atoms with E-state index in [4.69, 9.17) is 0 Å². The van der Waals surface area contributed by atoms with Crippen LogP contribution in [-0.4, -0.2) is 19.7 Å². The fourth-order valence-corrected chi connectivity index (χ4v) is 1.94. The highest BCUT2D eigenvalue weighted by molar-refractivity contribution is 7.87. The standard InChI is InChI=1S/C12H13F3O4S/c1-3-11(16)8(2)9-4-6-10(7-5-9)19-20(17,18)12(13,14)15/h4-8H,3H2,1-2H3/t8-/m1/s1. The lowest BCUT2D eigenvalue weighted by molar-refractivity contribution is -0.119. The van der Waals surface area contributed by atoms with Gasteiger partial charge in [-0.2, -0.15) is 21.6 Å². The van der Waals surface area contributed by atoms with Crippen molar-refractivity contribution >= 4 is 15.9 Å². The van der Waals surface area contributed by atoms with E-state index >= 15 is 0 Å². The van der Waals surface area contributed by atoms with Crippen molar-refractivity contribution in [3.8, 4) is 5.75 Å². The molecule has 0 amide bonds. The Morgan fingerprint density at radius 2 is 1.75 bits per heavy atom. The molecule has 112 valence electrons. The molecule has 0 radical (unpaired) electrons. The van der Waals surface area contributed by atoms with Crippen LogP contribution in [-0.2, 0) is 14.9 Å². The smallest absolute Gasteiger partial charge is 0.376 e. The molecule has 0 aliphatic heterocycles. The summed E-state index contributed by atoms with van der Waals surface area (Å²) in [5.74, 6) is -0.892. The Labute approximate surface area is 114 Å². The summed E-state index contributed by atoms with van der Waals surface area (Å²) in [7, 11) is -5.67. The van der Waals surface area contributed by atoms with Crippen molar-refractivity contribution in [1.29, 1.82) is 0 Å². The molecule has 0 fully saturated rings. The van der Waals surface area contributed by atoms with Gasteiger partial charge in [0.05, 0.1) is 0 Å². The van der Waals surface area contributed by atoms with Crippen LogP contribution in [0.3, 0.4) is 0 Å². The Hall–Kier alpha value is -1.57. The van der Waals surface area contributed by atoms with Gasteiger partial charge in [0.1, 0.15) is 11.5 Å². The summed E-state index contributed by atoms with van der Waals surface area (Å²) in [5, 5.41) is 0. The first-order valence-electron chi connectivity index (χ1n) is 5.72. The van der Waals surface area contributed by atoms with E-state index in [2.05, 4.69) is 4.18 Å². The summed E-state index contributed by atoms with van der Waals surface area (Å²) in [6, 6.07) is 4.88. The van der Waals surface area contributed by atoms with Crippen LogP contribution in [0.5, 0.6) is 5.75 Å². The first-order chi connectivity index (χ1) is 9.08. The van der Waals surface area contributed by atoms with Gasteiger partial charge in [0, 0.05) is 12.3 Å². The molecule has 8 heteroatoms. The number of halogens is 3. The minimum Gasteiger partial charge on any atom is -0.376 e. The summed E-state index contributed by atoms with van der Waals surface area (Å²) >= 11 is 0. The number of carbonyl (C=O) groups excluding carboxylic acids is 1. The van der Waals surface area contributed by atoms with Gasteiger partial charge < -0.3 is 4.18 Å². The summed E-state index contributed by atoms with van der Waals surface area (Å²) in [4.78, 5) is 11.5. The summed E-state index contributed by atoms with van der Waals surface area (Å²) < 4.78 is 61.9. The van der Waals surface area contributed by atoms with Gasteiger partial charge in [-0.25, -0.2) is 0 Å². The molecule has 1 atom stereocenters. The zero-order chi connectivity index (χ0) is 15.6. The highest BCUT2D eigenvalue weighted by Crippen LogP contribution is 2.28. The molecule has 0 spiro atoms. The lowest BCUT2D eigenvalue weighted by Gasteiger charge is -2.12. The van der Waals surface area contributed by atoms with Crippen molar-refractivity contribution < 1.29 is 30.6 Å². The zero-order valence-corrected chi connectivity index (χ0v) is 11.6. The molecule has 4 nitrogen and oxygen atoms in total. The van der Waals surface area contributed by atoms with Crippen LogP contribution in [0.1, 0.15) is 31.7 Å². The molecule has 1 aromatic carbocycles. The van der Waals surface area contributed by atoms with Crippen molar-refractivity contribution in [3.63, 3.8) is 0 Å². The Balaban J connectivity index is 2.91. The molecule has 0 aliphatic carbocycles. The lowest BCUT2D eigenvalue weighted by atomic mass is 9.95. The summed E-state index contributed by atoms with van der Waals surface area (Å²) in [6.07, 6.45) is 0.335. The maximum absolute atomic E-state index is 12.1. The molecular formula is C12H13F3O4S. The number of rotatable bonds is 5. The molecule has 1 rings (SSSR count). The number of carbonyl (C=O) groups is 1. The Kier molecular flexibility index (Phi) is 4.80. The minimum atomic E-state index is -5.67. The van der Waals surface area contributed by atoms with E-state index in [9.17, 15) is 26.4 Å². The average Bonchev–Trinajstić information content (AvgIpc) is 2.36. The van der Waals surface area contributed by atoms with Crippen molar-refractivity contribution in [3.05, 3.63) is 29.8 Å². The number of hydrogen-bond acceptors (Lipinski definition) is 4. The van der Waals surface area contributed by atoms with Crippen molar-refractivity contribution in [2.45, 2.75) is 31.7 Å². The highest BCUT2D eigenvalue weighted by atomic mass is 32.2. The lowest BCUT2D eigenvalue weighted by Crippen LogP contribution is -2.28. The second kappa shape index (κ2) is 5.82. The summed E-state index contributed by atoms with van der Waals surface area (Å²) in [5.41, 5.74) is -4.90. The third-order valence-electron chi connectivity index (χ3n) is 2.70. The van der Waals surface area contributed by atoms with Gasteiger partial charge in [-0.15, -0.1) is 0 Å². The molecular weight excluding hydrogens is 297 g/mol. The van der Waals surface area contributed by atoms with Crippen molar-refractivity contribution in [1.82, 2.24) is 0 Å². The molecule has 0 aromatic heterocycles. The van der Waals surface area contributed by atoms with Gasteiger partial charge in [0.25, 0.3) is 0 Å². The van der Waals surface area contributed by atoms with Gasteiger partial charge in [-0.3, -0.25) is 4.79 Å². The van der Waals surface area contributed by atoms with E-state index in [0.717, 1.165) is 12.1 Å². The molecule has 1 aromatic rings. The molecule has 0 unspecified atom stereocenters. The third-order valence-corrected chi connectivity index (χ3v) is 3.68. The molecule has 0 saturated carbocycles. The Morgan fingerprint density at radius 1 is 1.25 bits per heavy atom. The second-order valence-electron chi connectivity index (χ2n) is 4.09. The number of hydrogen-bond donors (Lipinski definition) is 0. The normalized spacial score (nSPS) is 13.8. The third kappa shape index (κ3) is 3.72. The van der Waals surface area contributed by atoms with Crippen LogP contribution in [0.15, 0.2) is 24.3 Å². The van der Waals surface area contributed by atoms with E-state index < -0.39 is 27.3 Å². The van der Waals surface area contributed by atoms with Crippen LogP contribution in [0.2, 0.25) is 0 Å². The minimum absolute atomic E-state index is 0.0263. The predicted molar refractivity (Wildman–Crippen MR) is 65.8 cm³/mol. The quantitative estimate of drug-likeness (QED) is 0.619. The van der Waals surface area contributed by atoms with E-state index in [0.29, 0.717) is 12.0 Å². The van der Waals surface area contributed by atoms with Crippen molar-refractivity contribution in [2.75, 3.05) is 0 Å².